The zero-order chi connectivity index (χ0) is 22.5. The van der Waals surface area contributed by atoms with Crippen molar-refractivity contribution in [3.05, 3.63) is 108 Å². The van der Waals surface area contributed by atoms with Crippen LogP contribution < -0.4 is 9.47 Å². The molecule has 0 bridgehead atoms. The van der Waals surface area contributed by atoms with Crippen LogP contribution in [0.1, 0.15) is 20.7 Å². The number of hydrogen-bond donors (Lipinski definition) is 2. The molecule has 0 aliphatic rings. The number of ether oxygens (including phenoxy) is 2. The fourth-order valence-corrected chi connectivity index (χ4v) is 3.14. The second kappa shape index (κ2) is 9.06. The Kier molecular flexibility index (Phi) is 5.85. The van der Waals surface area contributed by atoms with Gasteiger partial charge >= 0.3 is 11.9 Å². The highest BCUT2D eigenvalue weighted by Gasteiger charge is 2.08. The van der Waals surface area contributed by atoms with Crippen LogP contribution in [0, 0.1) is 0 Å². The molecule has 0 amide bonds. The fraction of sp³-hybridized carbons (Fsp3) is 0. The molecule has 158 valence electrons. The van der Waals surface area contributed by atoms with Crippen molar-refractivity contribution in [2.24, 2.45) is 0 Å². The summed E-state index contributed by atoms with van der Waals surface area (Å²) in [7, 11) is 0. The van der Waals surface area contributed by atoms with E-state index in [0.29, 0.717) is 23.0 Å². The van der Waals surface area contributed by atoms with Crippen LogP contribution in [0.2, 0.25) is 0 Å². The van der Waals surface area contributed by atoms with Gasteiger partial charge in [-0.2, -0.15) is 0 Å². The molecule has 0 fully saturated rings. The summed E-state index contributed by atoms with van der Waals surface area (Å²) < 4.78 is 11.7. The molecule has 0 aromatic heterocycles. The molecule has 4 rings (SSSR count). The van der Waals surface area contributed by atoms with Gasteiger partial charge in [-0.3, -0.25) is 0 Å². The number of carboxylic acids is 2. The highest BCUT2D eigenvalue weighted by atomic mass is 16.5. The maximum atomic E-state index is 11.2. The molecular weight excluding hydrogens is 408 g/mol. The Morgan fingerprint density at radius 3 is 1.22 bits per heavy atom. The smallest absolute Gasteiger partial charge is 0.335 e. The number of carboxylic acid groups (broad SMARTS) is 2. The minimum Gasteiger partial charge on any atom is -0.478 e. The Labute approximate surface area is 183 Å². The van der Waals surface area contributed by atoms with Crippen molar-refractivity contribution in [3.63, 3.8) is 0 Å². The summed E-state index contributed by atoms with van der Waals surface area (Å²) >= 11 is 0. The third kappa shape index (κ3) is 4.94. The lowest BCUT2D eigenvalue weighted by atomic mass is 10.1. The van der Waals surface area contributed by atoms with Crippen molar-refractivity contribution in [1.82, 2.24) is 0 Å². The van der Waals surface area contributed by atoms with Crippen molar-refractivity contribution in [2.45, 2.75) is 0 Å². The predicted octanol–water partition coefficient (Wildman–Crippen LogP) is 6.33. The van der Waals surface area contributed by atoms with Gasteiger partial charge in [0.25, 0.3) is 0 Å². The molecule has 4 aromatic carbocycles. The van der Waals surface area contributed by atoms with Gasteiger partial charge in [-0.1, -0.05) is 36.4 Å². The lowest BCUT2D eigenvalue weighted by Crippen LogP contribution is -1.96. The first kappa shape index (κ1) is 20.7. The minimum atomic E-state index is -1.02. The van der Waals surface area contributed by atoms with E-state index in [0.717, 1.165) is 11.1 Å². The summed E-state index contributed by atoms with van der Waals surface area (Å²) in [5.41, 5.74) is 2.05. The Hall–Kier alpha value is -4.58. The van der Waals surface area contributed by atoms with Crippen LogP contribution in [0.5, 0.6) is 23.0 Å². The van der Waals surface area contributed by atoms with Crippen LogP contribution in [0.4, 0.5) is 0 Å². The van der Waals surface area contributed by atoms with Crippen molar-refractivity contribution in [3.8, 4) is 34.1 Å². The lowest BCUT2D eigenvalue weighted by molar-refractivity contribution is 0.0686. The maximum Gasteiger partial charge on any atom is 0.335 e. The minimum absolute atomic E-state index is 0.149. The van der Waals surface area contributed by atoms with E-state index in [-0.39, 0.29) is 11.1 Å². The molecule has 6 nitrogen and oxygen atoms in total. The number of carbonyl (C=O) groups is 2. The third-order valence-electron chi connectivity index (χ3n) is 4.63. The van der Waals surface area contributed by atoms with E-state index in [2.05, 4.69) is 0 Å². The van der Waals surface area contributed by atoms with Crippen LogP contribution in [0.3, 0.4) is 0 Å². The Morgan fingerprint density at radius 1 is 0.500 bits per heavy atom. The molecule has 0 saturated carbocycles. The summed E-state index contributed by atoms with van der Waals surface area (Å²) in [6, 6.07) is 27.4. The Morgan fingerprint density at radius 2 is 0.844 bits per heavy atom. The monoisotopic (exact) mass is 426 g/mol. The molecule has 0 saturated heterocycles. The lowest BCUT2D eigenvalue weighted by Gasteiger charge is -2.10. The van der Waals surface area contributed by atoms with Crippen LogP contribution in [0.25, 0.3) is 11.1 Å². The van der Waals surface area contributed by atoms with Crippen molar-refractivity contribution in [2.75, 3.05) is 0 Å². The van der Waals surface area contributed by atoms with E-state index in [1.54, 1.807) is 36.4 Å². The molecule has 0 heterocycles. The van der Waals surface area contributed by atoms with E-state index in [1.807, 2.05) is 36.4 Å². The van der Waals surface area contributed by atoms with Gasteiger partial charge in [-0.25, -0.2) is 9.59 Å². The topological polar surface area (TPSA) is 93.1 Å². The fourth-order valence-electron chi connectivity index (χ4n) is 3.14. The molecule has 0 atom stereocenters. The summed E-state index contributed by atoms with van der Waals surface area (Å²) in [6.07, 6.45) is 0. The van der Waals surface area contributed by atoms with Gasteiger partial charge in [0.2, 0.25) is 0 Å². The standard InChI is InChI=1S/C26H18O6/c27-25(28)19-7-3-11-23(15-19)31-21-9-1-5-17(13-21)18-6-2-10-22(14-18)32-24-12-4-8-20(16-24)26(29)30/h1-16H,(H,27,28)(H,29,30). The van der Waals surface area contributed by atoms with E-state index in [4.69, 9.17) is 19.7 Å². The molecular formula is C26H18O6. The number of benzene rings is 4. The van der Waals surface area contributed by atoms with Crippen molar-refractivity contribution < 1.29 is 29.3 Å². The SMILES string of the molecule is O=C(O)c1cccc(Oc2cccc(-c3cccc(Oc4cccc(C(=O)O)c4)c3)c2)c1. The van der Waals surface area contributed by atoms with Gasteiger partial charge in [0, 0.05) is 0 Å². The van der Waals surface area contributed by atoms with Gasteiger partial charge in [0.05, 0.1) is 11.1 Å². The predicted molar refractivity (Wildman–Crippen MR) is 119 cm³/mol. The van der Waals surface area contributed by atoms with E-state index in [1.165, 1.54) is 24.3 Å². The molecule has 0 aliphatic heterocycles. The van der Waals surface area contributed by atoms with Gasteiger partial charge in [0.15, 0.2) is 0 Å². The second-order valence-electron chi connectivity index (χ2n) is 6.93. The molecule has 0 aliphatic carbocycles. The average molecular weight is 426 g/mol. The first-order chi connectivity index (χ1) is 15.5. The highest BCUT2D eigenvalue weighted by molar-refractivity contribution is 5.88. The number of aromatic carboxylic acids is 2. The summed E-state index contributed by atoms with van der Waals surface area (Å²) in [5.74, 6) is -0.0595. The van der Waals surface area contributed by atoms with Gasteiger partial charge in [0.1, 0.15) is 23.0 Å². The van der Waals surface area contributed by atoms with Gasteiger partial charge in [-0.05, 0) is 71.8 Å². The first-order valence-corrected chi connectivity index (χ1v) is 9.71. The van der Waals surface area contributed by atoms with Crippen molar-refractivity contribution >= 4 is 11.9 Å². The van der Waals surface area contributed by atoms with Crippen LogP contribution in [-0.2, 0) is 0 Å². The summed E-state index contributed by atoms with van der Waals surface area (Å²) in [5, 5.41) is 18.3. The number of hydrogen-bond acceptors (Lipinski definition) is 4. The normalized spacial score (nSPS) is 10.4. The molecule has 0 radical (unpaired) electrons. The first-order valence-electron chi connectivity index (χ1n) is 9.71. The van der Waals surface area contributed by atoms with E-state index >= 15 is 0 Å². The molecule has 2 N–H and O–H groups in total. The molecule has 0 spiro atoms. The summed E-state index contributed by atoms with van der Waals surface area (Å²) in [6.45, 7) is 0. The summed E-state index contributed by atoms with van der Waals surface area (Å²) in [4.78, 5) is 22.3. The zero-order valence-electron chi connectivity index (χ0n) is 16.8. The largest absolute Gasteiger partial charge is 0.478 e. The van der Waals surface area contributed by atoms with Crippen LogP contribution in [0.15, 0.2) is 97.1 Å². The molecule has 32 heavy (non-hydrogen) atoms. The third-order valence-corrected chi connectivity index (χ3v) is 4.63. The quantitative estimate of drug-likeness (QED) is 0.358. The number of rotatable bonds is 7. The Balaban J connectivity index is 1.56. The van der Waals surface area contributed by atoms with Crippen LogP contribution in [-0.4, -0.2) is 22.2 Å². The molecule has 0 unspecified atom stereocenters. The average Bonchev–Trinajstić information content (AvgIpc) is 2.80. The van der Waals surface area contributed by atoms with Gasteiger partial charge < -0.3 is 19.7 Å². The highest BCUT2D eigenvalue weighted by Crippen LogP contribution is 2.31. The molecule has 6 heteroatoms. The Bertz CT molecular complexity index is 1190. The van der Waals surface area contributed by atoms with E-state index < -0.39 is 11.9 Å². The zero-order valence-corrected chi connectivity index (χ0v) is 16.8. The van der Waals surface area contributed by atoms with Gasteiger partial charge in [-0.15, -0.1) is 0 Å². The van der Waals surface area contributed by atoms with Crippen molar-refractivity contribution in [1.29, 1.82) is 0 Å². The van der Waals surface area contributed by atoms with Crippen LogP contribution >= 0.6 is 0 Å². The second-order valence-corrected chi connectivity index (χ2v) is 6.93. The molecule has 4 aromatic rings. The maximum absolute atomic E-state index is 11.2. The van der Waals surface area contributed by atoms with E-state index in [9.17, 15) is 9.59 Å².